The quantitative estimate of drug-likeness (QED) is 0.795. The Morgan fingerprint density at radius 1 is 1.32 bits per heavy atom. The van der Waals surface area contributed by atoms with Crippen molar-refractivity contribution in [2.75, 3.05) is 26.2 Å². The van der Waals surface area contributed by atoms with Crippen molar-refractivity contribution in [2.24, 2.45) is 5.92 Å². The number of likely N-dealkylation sites (tertiary alicyclic amines) is 2. The Labute approximate surface area is 149 Å². The van der Waals surface area contributed by atoms with E-state index in [1.54, 1.807) is 13.0 Å². The second-order valence-electron chi connectivity index (χ2n) is 7.37. The Bertz CT molecular complexity index is 647. The molecule has 0 N–H and O–H groups in total. The highest BCUT2D eigenvalue weighted by Crippen LogP contribution is 2.23. The van der Waals surface area contributed by atoms with Gasteiger partial charge in [0.05, 0.1) is 0 Å². The first-order chi connectivity index (χ1) is 12.0. The van der Waals surface area contributed by atoms with Gasteiger partial charge < -0.3 is 9.80 Å². The summed E-state index contributed by atoms with van der Waals surface area (Å²) in [5.41, 5.74) is 1.68. The van der Waals surface area contributed by atoms with Crippen molar-refractivity contribution in [3.8, 4) is 0 Å². The van der Waals surface area contributed by atoms with Crippen LogP contribution in [0, 0.1) is 18.7 Å². The molecule has 1 atom stereocenters. The van der Waals surface area contributed by atoms with Gasteiger partial charge in [-0.15, -0.1) is 0 Å². The van der Waals surface area contributed by atoms with Gasteiger partial charge in [0.25, 0.3) is 0 Å². The summed E-state index contributed by atoms with van der Waals surface area (Å²) < 4.78 is 13.7. The van der Waals surface area contributed by atoms with Crippen LogP contribution in [0.4, 0.5) is 4.39 Å². The third kappa shape index (κ3) is 4.59. The molecular weight excluding hydrogens is 319 g/mol. The lowest BCUT2D eigenvalue weighted by Crippen LogP contribution is -2.31. The first-order valence-electron chi connectivity index (χ1n) is 9.33. The normalized spacial score (nSPS) is 20.6. The van der Waals surface area contributed by atoms with Crippen LogP contribution in [-0.4, -0.2) is 47.8 Å². The summed E-state index contributed by atoms with van der Waals surface area (Å²) in [6, 6.07) is 5.42. The van der Waals surface area contributed by atoms with Crippen molar-refractivity contribution in [1.29, 1.82) is 0 Å². The molecule has 3 rings (SSSR count). The summed E-state index contributed by atoms with van der Waals surface area (Å²) in [5.74, 6) is 0.661. The molecule has 1 unspecified atom stereocenters. The molecule has 0 aliphatic carbocycles. The summed E-state index contributed by atoms with van der Waals surface area (Å²) in [6.07, 6.45) is 4.65. The standard InChI is InChI=1S/C20H27FN2O2/c1-15-6-7-16(13-18(15)21)12-17-8-11-23(14-17)20(25)5-3-10-22-9-2-4-19(22)24/h6-7,13,17H,2-5,8-12,14H2,1H3. The van der Waals surface area contributed by atoms with Gasteiger partial charge in [-0.1, -0.05) is 12.1 Å². The highest BCUT2D eigenvalue weighted by atomic mass is 19.1. The molecule has 2 heterocycles. The van der Waals surface area contributed by atoms with Crippen molar-refractivity contribution in [2.45, 2.75) is 45.4 Å². The van der Waals surface area contributed by atoms with Crippen LogP contribution in [0.1, 0.15) is 43.2 Å². The van der Waals surface area contributed by atoms with E-state index in [1.165, 1.54) is 0 Å². The number of amides is 2. The van der Waals surface area contributed by atoms with Crippen LogP contribution < -0.4 is 0 Å². The van der Waals surface area contributed by atoms with Crippen LogP contribution in [0.25, 0.3) is 0 Å². The van der Waals surface area contributed by atoms with E-state index in [4.69, 9.17) is 0 Å². The minimum Gasteiger partial charge on any atom is -0.343 e. The number of benzene rings is 1. The minimum atomic E-state index is -0.153. The van der Waals surface area contributed by atoms with Gasteiger partial charge in [-0.2, -0.15) is 0 Å². The Balaban J connectivity index is 1.41. The summed E-state index contributed by atoms with van der Waals surface area (Å²) in [7, 11) is 0. The molecule has 0 saturated carbocycles. The second-order valence-corrected chi connectivity index (χ2v) is 7.37. The third-order valence-corrected chi connectivity index (χ3v) is 5.39. The first-order valence-corrected chi connectivity index (χ1v) is 9.33. The molecule has 2 fully saturated rings. The lowest BCUT2D eigenvalue weighted by molar-refractivity contribution is -0.131. The Hall–Kier alpha value is -1.91. The largest absolute Gasteiger partial charge is 0.343 e. The monoisotopic (exact) mass is 346 g/mol. The maximum Gasteiger partial charge on any atom is 0.222 e. The molecule has 136 valence electrons. The van der Waals surface area contributed by atoms with Crippen molar-refractivity contribution < 1.29 is 14.0 Å². The number of carbonyl (C=O) groups excluding carboxylic acids is 2. The van der Waals surface area contributed by atoms with Crippen LogP contribution in [0.2, 0.25) is 0 Å². The molecule has 5 heteroatoms. The van der Waals surface area contributed by atoms with E-state index in [9.17, 15) is 14.0 Å². The highest BCUT2D eigenvalue weighted by Gasteiger charge is 2.26. The maximum atomic E-state index is 13.7. The molecule has 0 spiro atoms. The summed E-state index contributed by atoms with van der Waals surface area (Å²) >= 11 is 0. The van der Waals surface area contributed by atoms with Gasteiger partial charge in [0.1, 0.15) is 5.82 Å². The Morgan fingerprint density at radius 3 is 2.88 bits per heavy atom. The number of hydrogen-bond acceptors (Lipinski definition) is 2. The molecule has 0 aromatic heterocycles. The average Bonchev–Trinajstić information content (AvgIpc) is 3.20. The molecule has 25 heavy (non-hydrogen) atoms. The molecule has 2 amide bonds. The minimum absolute atomic E-state index is 0.153. The van der Waals surface area contributed by atoms with Gasteiger partial charge >= 0.3 is 0 Å². The Morgan fingerprint density at radius 2 is 2.16 bits per heavy atom. The van der Waals surface area contributed by atoms with E-state index in [1.807, 2.05) is 21.9 Å². The van der Waals surface area contributed by atoms with Crippen molar-refractivity contribution in [3.63, 3.8) is 0 Å². The zero-order valence-corrected chi connectivity index (χ0v) is 15.0. The van der Waals surface area contributed by atoms with E-state index in [-0.39, 0.29) is 17.6 Å². The van der Waals surface area contributed by atoms with Gasteiger partial charge in [-0.25, -0.2) is 4.39 Å². The predicted octanol–water partition coefficient (Wildman–Crippen LogP) is 2.93. The van der Waals surface area contributed by atoms with Gasteiger partial charge in [-0.05, 0) is 55.7 Å². The Kier molecular flexibility index (Phi) is 5.71. The van der Waals surface area contributed by atoms with E-state index in [0.717, 1.165) is 50.9 Å². The molecule has 2 aliphatic rings. The lowest BCUT2D eigenvalue weighted by Gasteiger charge is -2.19. The summed E-state index contributed by atoms with van der Waals surface area (Å²) in [4.78, 5) is 27.7. The zero-order valence-electron chi connectivity index (χ0n) is 15.0. The average molecular weight is 346 g/mol. The highest BCUT2D eigenvalue weighted by molar-refractivity contribution is 5.78. The van der Waals surface area contributed by atoms with Gasteiger partial charge in [0.2, 0.25) is 11.8 Å². The van der Waals surface area contributed by atoms with Crippen LogP contribution in [0.3, 0.4) is 0 Å². The first kappa shape index (κ1) is 17.9. The number of aryl methyl sites for hydroxylation is 1. The van der Waals surface area contributed by atoms with E-state index < -0.39 is 0 Å². The molecule has 1 aromatic carbocycles. The SMILES string of the molecule is Cc1ccc(CC2CCN(C(=O)CCCN3CCCC3=O)C2)cc1F. The molecule has 2 aliphatic heterocycles. The lowest BCUT2D eigenvalue weighted by atomic mass is 9.98. The number of nitrogens with zero attached hydrogens (tertiary/aromatic N) is 2. The molecule has 0 bridgehead atoms. The maximum absolute atomic E-state index is 13.7. The third-order valence-electron chi connectivity index (χ3n) is 5.39. The number of halogens is 1. The van der Waals surface area contributed by atoms with E-state index in [0.29, 0.717) is 30.9 Å². The number of carbonyl (C=O) groups is 2. The smallest absolute Gasteiger partial charge is 0.222 e. The van der Waals surface area contributed by atoms with E-state index >= 15 is 0 Å². The van der Waals surface area contributed by atoms with E-state index in [2.05, 4.69) is 0 Å². The molecule has 4 nitrogen and oxygen atoms in total. The van der Waals surface area contributed by atoms with Crippen LogP contribution in [-0.2, 0) is 16.0 Å². The number of rotatable bonds is 6. The van der Waals surface area contributed by atoms with Crippen molar-refractivity contribution >= 4 is 11.8 Å². The summed E-state index contributed by atoms with van der Waals surface area (Å²) in [6.45, 7) is 4.86. The zero-order chi connectivity index (χ0) is 17.8. The van der Waals surface area contributed by atoms with Gasteiger partial charge in [0, 0.05) is 39.0 Å². The predicted molar refractivity (Wildman–Crippen MR) is 94.6 cm³/mol. The fourth-order valence-electron chi connectivity index (χ4n) is 3.84. The van der Waals surface area contributed by atoms with Gasteiger partial charge in [0.15, 0.2) is 0 Å². The number of hydrogen-bond donors (Lipinski definition) is 0. The van der Waals surface area contributed by atoms with Crippen molar-refractivity contribution in [3.05, 3.63) is 35.1 Å². The van der Waals surface area contributed by atoms with Gasteiger partial charge in [-0.3, -0.25) is 9.59 Å². The van der Waals surface area contributed by atoms with Crippen molar-refractivity contribution in [1.82, 2.24) is 9.80 Å². The molecular formula is C20H27FN2O2. The summed E-state index contributed by atoms with van der Waals surface area (Å²) in [5, 5.41) is 0. The molecule has 1 aromatic rings. The van der Waals surface area contributed by atoms with Crippen LogP contribution >= 0.6 is 0 Å². The van der Waals surface area contributed by atoms with Crippen LogP contribution in [0.5, 0.6) is 0 Å². The fourth-order valence-corrected chi connectivity index (χ4v) is 3.84. The second kappa shape index (κ2) is 7.98. The molecule has 2 saturated heterocycles. The van der Waals surface area contributed by atoms with Crippen LogP contribution in [0.15, 0.2) is 18.2 Å². The fraction of sp³-hybridized carbons (Fsp3) is 0.600. The molecule has 0 radical (unpaired) electrons. The topological polar surface area (TPSA) is 40.6 Å².